The summed E-state index contributed by atoms with van der Waals surface area (Å²) in [5.41, 5.74) is 7.71. The fourth-order valence-electron chi connectivity index (χ4n) is 2.91. The highest BCUT2D eigenvalue weighted by Gasteiger charge is 2.22. The molecule has 1 amide bonds. The molecule has 0 heterocycles. The number of para-hydroxylation sites is 1. The van der Waals surface area contributed by atoms with Crippen molar-refractivity contribution in [1.82, 2.24) is 5.32 Å². The molecular weight excluding hydrogens is 236 g/mol. The standard InChI is InChI=1S/C16H24N2O/c1-12(13-6-2-3-7-13)18-16(19)11-10-14-8-4-5-9-15(14)17/h4-5,8-9,12-13H,2-3,6-7,10-11,17H2,1H3,(H,18,19). The number of nitrogen functional groups attached to an aromatic ring is 1. The van der Waals surface area contributed by atoms with Crippen LogP contribution in [-0.2, 0) is 11.2 Å². The highest BCUT2D eigenvalue weighted by molar-refractivity contribution is 5.76. The van der Waals surface area contributed by atoms with Crippen molar-refractivity contribution in [2.75, 3.05) is 5.73 Å². The van der Waals surface area contributed by atoms with Crippen LogP contribution in [0, 0.1) is 5.92 Å². The SMILES string of the molecule is CC(NC(=O)CCc1ccccc1N)C1CCCC1. The minimum Gasteiger partial charge on any atom is -0.399 e. The summed E-state index contributed by atoms with van der Waals surface area (Å²) < 4.78 is 0. The third kappa shape index (κ3) is 3.98. The van der Waals surface area contributed by atoms with Gasteiger partial charge in [0.2, 0.25) is 5.91 Å². The van der Waals surface area contributed by atoms with Crippen LogP contribution >= 0.6 is 0 Å². The Morgan fingerprint density at radius 3 is 2.74 bits per heavy atom. The van der Waals surface area contributed by atoms with Crippen LogP contribution in [0.5, 0.6) is 0 Å². The lowest BCUT2D eigenvalue weighted by molar-refractivity contribution is -0.122. The zero-order chi connectivity index (χ0) is 13.7. The number of hydrogen-bond acceptors (Lipinski definition) is 2. The highest BCUT2D eigenvalue weighted by Crippen LogP contribution is 2.27. The Kier molecular flexibility index (Phi) is 4.83. The van der Waals surface area contributed by atoms with Gasteiger partial charge in [0.15, 0.2) is 0 Å². The summed E-state index contributed by atoms with van der Waals surface area (Å²) in [6.45, 7) is 2.13. The van der Waals surface area contributed by atoms with Crippen LogP contribution in [0.15, 0.2) is 24.3 Å². The smallest absolute Gasteiger partial charge is 0.220 e. The van der Waals surface area contributed by atoms with E-state index in [0.29, 0.717) is 18.4 Å². The molecule has 104 valence electrons. The molecular formula is C16H24N2O. The van der Waals surface area contributed by atoms with Gasteiger partial charge in [-0.25, -0.2) is 0 Å². The Morgan fingerprint density at radius 2 is 2.05 bits per heavy atom. The molecule has 1 aromatic rings. The fourth-order valence-corrected chi connectivity index (χ4v) is 2.91. The first-order chi connectivity index (χ1) is 9.16. The Labute approximate surface area is 115 Å². The van der Waals surface area contributed by atoms with Gasteiger partial charge in [0, 0.05) is 18.2 Å². The van der Waals surface area contributed by atoms with Gasteiger partial charge in [0.05, 0.1) is 0 Å². The molecule has 0 saturated heterocycles. The second kappa shape index (κ2) is 6.60. The van der Waals surface area contributed by atoms with Crippen LogP contribution < -0.4 is 11.1 Å². The molecule has 3 nitrogen and oxygen atoms in total. The number of carbonyl (C=O) groups excluding carboxylic acids is 1. The first-order valence-corrected chi connectivity index (χ1v) is 7.29. The lowest BCUT2D eigenvalue weighted by atomic mass is 9.99. The third-order valence-electron chi connectivity index (χ3n) is 4.17. The number of nitrogens with one attached hydrogen (secondary N) is 1. The molecule has 1 aliphatic carbocycles. The number of nitrogens with two attached hydrogens (primary N) is 1. The normalized spacial score (nSPS) is 17.3. The van der Waals surface area contributed by atoms with E-state index in [0.717, 1.165) is 17.7 Å². The minimum absolute atomic E-state index is 0.141. The minimum atomic E-state index is 0.141. The van der Waals surface area contributed by atoms with Gasteiger partial charge in [-0.2, -0.15) is 0 Å². The molecule has 0 radical (unpaired) electrons. The predicted molar refractivity (Wildman–Crippen MR) is 78.7 cm³/mol. The fraction of sp³-hybridized carbons (Fsp3) is 0.562. The van der Waals surface area contributed by atoms with Crippen LogP contribution in [0.25, 0.3) is 0 Å². The van der Waals surface area contributed by atoms with Crippen LogP contribution in [-0.4, -0.2) is 11.9 Å². The number of hydrogen-bond donors (Lipinski definition) is 2. The number of amides is 1. The summed E-state index contributed by atoms with van der Waals surface area (Å²) in [7, 11) is 0. The molecule has 1 unspecified atom stereocenters. The van der Waals surface area contributed by atoms with Gasteiger partial charge in [-0.05, 0) is 43.7 Å². The van der Waals surface area contributed by atoms with Crippen LogP contribution in [0.1, 0.15) is 44.6 Å². The van der Waals surface area contributed by atoms with Crippen molar-refractivity contribution >= 4 is 11.6 Å². The van der Waals surface area contributed by atoms with Crippen molar-refractivity contribution in [1.29, 1.82) is 0 Å². The Hall–Kier alpha value is -1.51. The summed E-state index contributed by atoms with van der Waals surface area (Å²) in [6.07, 6.45) is 6.37. The summed E-state index contributed by atoms with van der Waals surface area (Å²) in [6, 6.07) is 8.06. The Morgan fingerprint density at radius 1 is 1.37 bits per heavy atom. The van der Waals surface area contributed by atoms with Crippen molar-refractivity contribution in [2.24, 2.45) is 5.92 Å². The van der Waals surface area contributed by atoms with Crippen LogP contribution in [0.4, 0.5) is 5.69 Å². The topological polar surface area (TPSA) is 55.1 Å². The lowest BCUT2D eigenvalue weighted by Gasteiger charge is -2.20. The van der Waals surface area contributed by atoms with Gasteiger partial charge in [0.1, 0.15) is 0 Å². The van der Waals surface area contributed by atoms with Crippen LogP contribution in [0.2, 0.25) is 0 Å². The number of carbonyl (C=O) groups is 1. The molecule has 3 heteroatoms. The van der Waals surface area contributed by atoms with Gasteiger partial charge in [-0.3, -0.25) is 4.79 Å². The van der Waals surface area contributed by atoms with E-state index in [9.17, 15) is 4.79 Å². The molecule has 1 aliphatic rings. The third-order valence-corrected chi connectivity index (χ3v) is 4.17. The summed E-state index contributed by atoms with van der Waals surface area (Å²) in [5, 5.41) is 3.13. The van der Waals surface area contributed by atoms with E-state index in [1.165, 1.54) is 25.7 Å². The molecule has 19 heavy (non-hydrogen) atoms. The van der Waals surface area contributed by atoms with Gasteiger partial charge < -0.3 is 11.1 Å². The molecule has 0 spiro atoms. The van der Waals surface area contributed by atoms with Gasteiger partial charge in [-0.15, -0.1) is 0 Å². The lowest BCUT2D eigenvalue weighted by Crippen LogP contribution is -2.37. The number of rotatable bonds is 5. The molecule has 2 rings (SSSR count). The molecule has 1 aromatic carbocycles. The quantitative estimate of drug-likeness (QED) is 0.800. The van der Waals surface area contributed by atoms with E-state index in [-0.39, 0.29) is 5.91 Å². The summed E-state index contributed by atoms with van der Waals surface area (Å²) >= 11 is 0. The summed E-state index contributed by atoms with van der Waals surface area (Å²) in [5.74, 6) is 0.813. The molecule has 3 N–H and O–H groups in total. The average Bonchev–Trinajstić information content (AvgIpc) is 2.91. The number of anilines is 1. The zero-order valence-electron chi connectivity index (χ0n) is 11.7. The Balaban J connectivity index is 1.77. The number of benzene rings is 1. The van der Waals surface area contributed by atoms with Crippen LogP contribution in [0.3, 0.4) is 0 Å². The second-order valence-corrected chi connectivity index (χ2v) is 5.60. The second-order valence-electron chi connectivity index (χ2n) is 5.60. The zero-order valence-corrected chi connectivity index (χ0v) is 11.7. The largest absolute Gasteiger partial charge is 0.399 e. The van der Waals surface area contributed by atoms with Crippen molar-refractivity contribution in [3.63, 3.8) is 0 Å². The first-order valence-electron chi connectivity index (χ1n) is 7.29. The van der Waals surface area contributed by atoms with Crippen molar-refractivity contribution in [3.8, 4) is 0 Å². The van der Waals surface area contributed by atoms with E-state index in [4.69, 9.17) is 5.73 Å². The highest BCUT2D eigenvalue weighted by atomic mass is 16.1. The molecule has 0 aliphatic heterocycles. The van der Waals surface area contributed by atoms with Gasteiger partial charge in [0.25, 0.3) is 0 Å². The maximum Gasteiger partial charge on any atom is 0.220 e. The van der Waals surface area contributed by atoms with E-state index in [1.807, 2.05) is 24.3 Å². The summed E-state index contributed by atoms with van der Waals surface area (Å²) in [4.78, 5) is 11.9. The van der Waals surface area contributed by atoms with Crippen molar-refractivity contribution in [3.05, 3.63) is 29.8 Å². The molecule has 1 saturated carbocycles. The molecule has 0 bridgehead atoms. The Bertz CT molecular complexity index is 425. The van der Waals surface area contributed by atoms with Gasteiger partial charge >= 0.3 is 0 Å². The van der Waals surface area contributed by atoms with Crippen molar-refractivity contribution < 1.29 is 4.79 Å². The maximum atomic E-state index is 11.9. The molecule has 1 atom stereocenters. The van der Waals surface area contributed by atoms with Gasteiger partial charge in [-0.1, -0.05) is 31.0 Å². The molecule has 0 aromatic heterocycles. The predicted octanol–water partition coefficient (Wildman–Crippen LogP) is 2.90. The number of aryl methyl sites for hydroxylation is 1. The van der Waals surface area contributed by atoms with Crippen molar-refractivity contribution in [2.45, 2.75) is 51.5 Å². The maximum absolute atomic E-state index is 11.9. The van der Waals surface area contributed by atoms with E-state index < -0.39 is 0 Å². The van der Waals surface area contributed by atoms with E-state index in [1.54, 1.807) is 0 Å². The first kappa shape index (κ1) is 13.9. The molecule has 1 fully saturated rings. The van der Waals surface area contributed by atoms with E-state index >= 15 is 0 Å². The monoisotopic (exact) mass is 260 g/mol. The average molecular weight is 260 g/mol. The van der Waals surface area contributed by atoms with E-state index in [2.05, 4.69) is 12.2 Å².